The van der Waals surface area contributed by atoms with Gasteiger partial charge in [-0.2, -0.15) is 0 Å². The zero-order chi connectivity index (χ0) is 11.4. The van der Waals surface area contributed by atoms with Crippen molar-refractivity contribution in [3.8, 4) is 0 Å². The van der Waals surface area contributed by atoms with Crippen LogP contribution < -0.4 is 0 Å². The van der Waals surface area contributed by atoms with Crippen molar-refractivity contribution in [1.82, 2.24) is 4.90 Å². The first-order chi connectivity index (χ1) is 7.79. The molecule has 0 aromatic carbocycles. The van der Waals surface area contributed by atoms with Gasteiger partial charge in [0.15, 0.2) is 0 Å². The van der Waals surface area contributed by atoms with Gasteiger partial charge in [0.2, 0.25) is 0 Å². The third-order valence-corrected chi connectivity index (χ3v) is 5.13. The Kier molecular flexibility index (Phi) is 5.14. The standard InChI is InChI=1S/C12H17BrClNS/c13-12-6-5-11(16-12)9-15-7-3-1-2-4-10(15)8-14/h5-6,10H,1-4,7-9H2. The molecule has 0 spiro atoms. The number of alkyl halides is 1. The summed E-state index contributed by atoms with van der Waals surface area (Å²) in [7, 11) is 0. The highest BCUT2D eigenvalue weighted by molar-refractivity contribution is 9.11. The maximum atomic E-state index is 6.07. The highest BCUT2D eigenvalue weighted by atomic mass is 79.9. The van der Waals surface area contributed by atoms with E-state index in [2.05, 4.69) is 33.0 Å². The van der Waals surface area contributed by atoms with Crippen LogP contribution in [0.5, 0.6) is 0 Å². The van der Waals surface area contributed by atoms with Crippen molar-refractivity contribution >= 4 is 38.9 Å². The van der Waals surface area contributed by atoms with Gasteiger partial charge in [0.1, 0.15) is 0 Å². The van der Waals surface area contributed by atoms with Crippen LogP contribution in [0.1, 0.15) is 30.6 Å². The fourth-order valence-corrected chi connectivity index (χ4v) is 4.11. The van der Waals surface area contributed by atoms with E-state index in [9.17, 15) is 0 Å². The maximum Gasteiger partial charge on any atom is 0.0701 e. The Balaban J connectivity index is 1.99. The Bertz CT molecular complexity index is 329. The first kappa shape index (κ1) is 12.9. The summed E-state index contributed by atoms with van der Waals surface area (Å²) in [5, 5.41) is 0. The molecular weight excluding hydrogens is 306 g/mol. The Morgan fingerprint density at radius 2 is 2.25 bits per heavy atom. The van der Waals surface area contributed by atoms with Crippen LogP contribution >= 0.6 is 38.9 Å². The van der Waals surface area contributed by atoms with Crippen LogP contribution in [-0.2, 0) is 6.54 Å². The minimum Gasteiger partial charge on any atom is -0.294 e. The number of rotatable bonds is 3. The monoisotopic (exact) mass is 321 g/mol. The van der Waals surface area contributed by atoms with Crippen LogP contribution in [0.15, 0.2) is 15.9 Å². The summed E-state index contributed by atoms with van der Waals surface area (Å²) in [5.74, 6) is 0.770. The average molecular weight is 323 g/mol. The second-order valence-corrected chi connectivity index (χ2v) is 7.19. The second kappa shape index (κ2) is 6.39. The lowest BCUT2D eigenvalue weighted by molar-refractivity contribution is 0.209. The van der Waals surface area contributed by atoms with Crippen LogP contribution in [0.4, 0.5) is 0 Å². The first-order valence-corrected chi connectivity index (χ1v) is 7.98. The molecule has 0 amide bonds. The van der Waals surface area contributed by atoms with Gasteiger partial charge in [-0.25, -0.2) is 0 Å². The molecule has 90 valence electrons. The van der Waals surface area contributed by atoms with Crippen molar-refractivity contribution in [2.24, 2.45) is 0 Å². The third-order valence-electron chi connectivity index (χ3n) is 3.16. The van der Waals surface area contributed by atoms with Gasteiger partial charge >= 0.3 is 0 Å². The van der Waals surface area contributed by atoms with Gasteiger partial charge in [0, 0.05) is 23.3 Å². The minimum atomic E-state index is 0.574. The Morgan fingerprint density at radius 3 is 2.94 bits per heavy atom. The van der Waals surface area contributed by atoms with Crippen molar-refractivity contribution in [2.45, 2.75) is 38.3 Å². The normalized spacial score (nSPS) is 23.2. The topological polar surface area (TPSA) is 3.24 Å². The number of halogens is 2. The van der Waals surface area contributed by atoms with E-state index in [1.165, 1.54) is 40.9 Å². The van der Waals surface area contributed by atoms with Gasteiger partial charge in [-0.3, -0.25) is 4.90 Å². The number of hydrogen-bond donors (Lipinski definition) is 0. The molecule has 0 bridgehead atoms. The lowest BCUT2D eigenvalue weighted by Gasteiger charge is -2.27. The minimum absolute atomic E-state index is 0.574. The largest absolute Gasteiger partial charge is 0.294 e. The number of likely N-dealkylation sites (tertiary alicyclic amines) is 1. The summed E-state index contributed by atoms with van der Waals surface area (Å²) >= 11 is 11.4. The zero-order valence-corrected chi connectivity index (χ0v) is 12.5. The summed E-state index contributed by atoms with van der Waals surface area (Å²) in [6, 6.07) is 4.92. The van der Waals surface area contributed by atoms with Crippen molar-refractivity contribution < 1.29 is 0 Å². The average Bonchev–Trinajstić information content (AvgIpc) is 2.56. The number of hydrogen-bond acceptors (Lipinski definition) is 2. The molecule has 0 saturated carbocycles. The fraction of sp³-hybridized carbons (Fsp3) is 0.667. The molecule has 0 aliphatic carbocycles. The molecular formula is C12H17BrClNS. The zero-order valence-electron chi connectivity index (χ0n) is 9.29. The number of thiophene rings is 1. The molecule has 1 unspecified atom stereocenters. The highest BCUT2D eigenvalue weighted by Crippen LogP contribution is 2.26. The van der Waals surface area contributed by atoms with Crippen LogP contribution in [0.3, 0.4) is 0 Å². The molecule has 1 saturated heterocycles. The lowest BCUT2D eigenvalue weighted by Crippen LogP contribution is -2.35. The van der Waals surface area contributed by atoms with Crippen molar-refractivity contribution in [1.29, 1.82) is 0 Å². The van der Waals surface area contributed by atoms with Crippen LogP contribution in [0, 0.1) is 0 Å². The molecule has 1 aromatic rings. The van der Waals surface area contributed by atoms with Crippen molar-refractivity contribution in [2.75, 3.05) is 12.4 Å². The second-order valence-electron chi connectivity index (χ2n) is 4.33. The van der Waals surface area contributed by atoms with E-state index in [4.69, 9.17) is 11.6 Å². The van der Waals surface area contributed by atoms with Crippen LogP contribution in [0.25, 0.3) is 0 Å². The quantitative estimate of drug-likeness (QED) is 0.741. The van der Waals surface area contributed by atoms with Gasteiger partial charge in [-0.05, 0) is 47.4 Å². The van der Waals surface area contributed by atoms with E-state index in [1.54, 1.807) is 0 Å². The van der Waals surface area contributed by atoms with Crippen LogP contribution in [-0.4, -0.2) is 23.4 Å². The van der Waals surface area contributed by atoms with Gasteiger partial charge in [0.05, 0.1) is 3.79 Å². The van der Waals surface area contributed by atoms with E-state index in [0.29, 0.717) is 6.04 Å². The SMILES string of the molecule is ClCC1CCCCCN1Cc1ccc(Br)s1. The van der Waals surface area contributed by atoms with Crippen LogP contribution in [0.2, 0.25) is 0 Å². The van der Waals surface area contributed by atoms with E-state index >= 15 is 0 Å². The van der Waals surface area contributed by atoms with E-state index in [-0.39, 0.29) is 0 Å². The summed E-state index contributed by atoms with van der Waals surface area (Å²) in [6.07, 6.45) is 5.27. The van der Waals surface area contributed by atoms with Crippen molar-refractivity contribution in [3.05, 3.63) is 20.8 Å². The molecule has 1 aliphatic rings. The summed E-state index contributed by atoms with van der Waals surface area (Å²) in [5.41, 5.74) is 0. The first-order valence-electron chi connectivity index (χ1n) is 5.84. The fourth-order valence-electron chi connectivity index (χ4n) is 2.26. The molecule has 1 atom stereocenters. The van der Waals surface area contributed by atoms with Gasteiger partial charge in [0.25, 0.3) is 0 Å². The number of nitrogens with zero attached hydrogens (tertiary/aromatic N) is 1. The molecule has 1 aromatic heterocycles. The van der Waals surface area contributed by atoms with Gasteiger partial charge in [-0.1, -0.05) is 12.8 Å². The Labute approximate surface area is 115 Å². The summed E-state index contributed by atoms with van der Waals surface area (Å²) < 4.78 is 1.22. The van der Waals surface area contributed by atoms with Gasteiger partial charge in [-0.15, -0.1) is 22.9 Å². The molecule has 4 heteroatoms. The highest BCUT2D eigenvalue weighted by Gasteiger charge is 2.20. The molecule has 1 nitrogen and oxygen atoms in total. The Morgan fingerprint density at radius 1 is 1.38 bits per heavy atom. The molecule has 1 aliphatic heterocycles. The molecule has 2 rings (SSSR count). The lowest BCUT2D eigenvalue weighted by atomic mass is 10.1. The summed E-state index contributed by atoms with van der Waals surface area (Å²) in [4.78, 5) is 3.99. The van der Waals surface area contributed by atoms with Gasteiger partial charge < -0.3 is 0 Å². The molecule has 1 fully saturated rings. The van der Waals surface area contributed by atoms with Crippen molar-refractivity contribution in [3.63, 3.8) is 0 Å². The summed E-state index contributed by atoms with van der Waals surface area (Å²) in [6.45, 7) is 2.26. The predicted molar refractivity (Wildman–Crippen MR) is 75.4 cm³/mol. The molecule has 0 radical (unpaired) electrons. The molecule has 16 heavy (non-hydrogen) atoms. The molecule has 0 N–H and O–H groups in total. The smallest absolute Gasteiger partial charge is 0.0701 e. The third kappa shape index (κ3) is 3.46. The maximum absolute atomic E-state index is 6.07. The van der Waals surface area contributed by atoms with E-state index in [0.717, 1.165) is 12.4 Å². The predicted octanol–water partition coefficient (Wildman–Crippen LogP) is 4.49. The molecule has 2 heterocycles. The van der Waals surface area contributed by atoms with E-state index in [1.807, 2.05) is 11.3 Å². The van der Waals surface area contributed by atoms with E-state index < -0.39 is 0 Å². The Hall–Kier alpha value is 0.430.